The first-order valence-corrected chi connectivity index (χ1v) is 6.97. The zero-order valence-electron chi connectivity index (χ0n) is 10.4. The van der Waals surface area contributed by atoms with Crippen LogP contribution in [0.3, 0.4) is 0 Å². The molecule has 0 amide bonds. The van der Waals surface area contributed by atoms with E-state index in [9.17, 15) is 4.39 Å². The second kappa shape index (κ2) is 5.24. The van der Waals surface area contributed by atoms with Crippen molar-refractivity contribution in [3.8, 4) is 5.75 Å². The first-order valence-electron chi connectivity index (χ1n) is 6.21. The minimum absolute atomic E-state index is 0.0982. The van der Waals surface area contributed by atoms with E-state index in [1.54, 1.807) is 24.3 Å². The van der Waals surface area contributed by atoms with Gasteiger partial charge >= 0.3 is 0 Å². The molecule has 104 valence electrons. The third-order valence-corrected chi connectivity index (χ3v) is 3.97. The molecule has 20 heavy (non-hydrogen) atoms. The number of hydrogen-bond acceptors (Lipinski definition) is 2. The molecule has 3 rings (SSSR count). The molecule has 0 spiro atoms. The van der Waals surface area contributed by atoms with Crippen molar-refractivity contribution in [1.29, 1.82) is 0 Å². The van der Waals surface area contributed by atoms with Gasteiger partial charge in [0.1, 0.15) is 17.7 Å². The third kappa shape index (κ3) is 2.49. The van der Waals surface area contributed by atoms with Crippen LogP contribution in [0.15, 0.2) is 36.4 Å². The van der Waals surface area contributed by atoms with E-state index >= 15 is 0 Å². The average molecular weight is 312 g/mol. The van der Waals surface area contributed by atoms with Crippen LogP contribution >= 0.6 is 23.2 Å². The lowest BCUT2D eigenvalue weighted by Gasteiger charge is -2.30. The van der Waals surface area contributed by atoms with Gasteiger partial charge in [-0.25, -0.2) is 4.39 Å². The van der Waals surface area contributed by atoms with E-state index in [2.05, 4.69) is 0 Å². The van der Waals surface area contributed by atoms with E-state index in [-0.39, 0.29) is 17.2 Å². The van der Waals surface area contributed by atoms with Gasteiger partial charge in [-0.3, -0.25) is 0 Å². The Balaban J connectivity index is 1.94. The topological polar surface area (TPSA) is 35.2 Å². The SMILES string of the molecule is NC1CC(c2ccc(Cl)c(F)c2)Oc2ccc(Cl)cc21. The van der Waals surface area contributed by atoms with Crippen LogP contribution in [-0.4, -0.2) is 0 Å². The molecule has 0 fully saturated rings. The zero-order valence-corrected chi connectivity index (χ0v) is 12.0. The highest BCUT2D eigenvalue weighted by molar-refractivity contribution is 6.31. The molecular formula is C15H12Cl2FNO. The van der Waals surface area contributed by atoms with Gasteiger partial charge in [0.2, 0.25) is 0 Å². The van der Waals surface area contributed by atoms with E-state index < -0.39 is 5.82 Å². The highest BCUT2D eigenvalue weighted by Crippen LogP contribution is 2.41. The Morgan fingerprint density at radius 3 is 2.70 bits per heavy atom. The average Bonchev–Trinajstić information content (AvgIpc) is 2.42. The third-order valence-electron chi connectivity index (χ3n) is 3.42. The fourth-order valence-corrected chi connectivity index (χ4v) is 2.69. The fraction of sp³-hybridized carbons (Fsp3) is 0.200. The molecule has 0 saturated heterocycles. The second-order valence-corrected chi connectivity index (χ2v) is 5.65. The summed E-state index contributed by atoms with van der Waals surface area (Å²) in [5.74, 6) is 0.233. The molecule has 2 atom stereocenters. The molecule has 1 heterocycles. The van der Waals surface area contributed by atoms with Crippen molar-refractivity contribution in [1.82, 2.24) is 0 Å². The van der Waals surface area contributed by atoms with Gasteiger partial charge in [0.25, 0.3) is 0 Å². The molecule has 0 saturated carbocycles. The van der Waals surface area contributed by atoms with Gasteiger partial charge in [-0.05, 0) is 35.9 Å². The van der Waals surface area contributed by atoms with Gasteiger partial charge in [-0.1, -0.05) is 29.3 Å². The predicted octanol–water partition coefficient (Wildman–Crippen LogP) is 4.66. The number of nitrogens with two attached hydrogens (primary N) is 1. The molecule has 0 aliphatic carbocycles. The summed E-state index contributed by atoms with van der Waals surface area (Å²) in [6.07, 6.45) is 0.277. The summed E-state index contributed by atoms with van der Waals surface area (Å²) in [5.41, 5.74) is 7.76. The lowest BCUT2D eigenvalue weighted by Crippen LogP contribution is -2.24. The van der Waals surface area contributed by atoms with Gasteiger partial charge in [-0.2, -0.15) is 0 Å². The molecule has 5 heteroatoms. The minimum atomic E-state index is -0.455. The largest absolute Gasteiger partial charge is 0.485 e. The number of benzene rings is 2. The lowest BCUT2D eigenvalue weighted by atomic mass is 9.93. The van der Waals surface area contributed by atoms with Crippen LogP contribution < -0.4 is 10.5 Å². The maximum absolute atomic E-state index is 13.5. The Kier molecular flexibility index (Phi) is 3.59. The molecule has 1 aliphatic rings. The molecule has 2 nitrogen and oxygen atoms in total. The van der Waals surface area contributed by atoms with Crippen LogP contribution in [0.25, 0.3) is 0 Å². The van der Waals surface area contributed by atoms with Gasteiger partial charge in [-0.15, -0.1) is 0 Å². The number of ether oxygens (including phenoxy) is 1. The number of hydrogen-bond donors (Lipinski definition) is 1. The highest BCUT2D eigenvalue weighted by Gasteiger charge is 2.27. The van der Waals surface area contributed by atoms with Crippen molar-refractivity contribution in [3.63, 3.8) is 0 Å². The standard InChI is InChI=1S/C15H12Cl2FNO/c16-9-2-4-14-10(6-9)13(19)7-15(20-14)8-1-3-11(17)12(18)5-8/h1-6,13,15H,7,19H2. The first-order chi connectivity index (χ1) is 9.54. The predicted molar refractivity (Wildman–Crippen MR) is 77.8 cm³/mol. The summed E-state index contributed by atoms with van der Waals surface area (Å²) in [7, 11) is 0. The Labute approximate surface area is 126 Å². The second-order valence-electron chi connectivity index (χ2n) is 4.80. The molecule has 2 aromatic carbocycles. The summed E-state index contributed by atoms with van der Waals surface area (Å²) >= 11 is 11.6. The van der Waals surface area contributed by atoms with Crippen LogP contribution in [0.2, 0.25) is 10.0 Å². The van der Waals surface area contributed by atoms with E-state index in [1.807, 2.05) is 0 Å². The molecular weight excluding hydrogens is 300 g/mol. The lowest BCUT2D eigenvalue weighted by molar-refractivity contribution is 0.161. The maximum Gasteiger partial charge on any atom is 0.142 e. The fourth-order valence-electron chi connectivity index (χ4n) is 2.39. The smallest absolute Gasteiger partial charge is 0.142 e. The van der Waals surface area contributed by atoms with Crippen molar-refractivity contribution < 1.29 is 9.13 Å². The molecule has 2 N–H and O–H groups in total. The summed E-state index contributed by atoms with van der Waals surface area (Å²) in [4.78, 5) is 0. The van der Waals surface area contributed by atoms with Crippen molar-refractivity contribution in [2.45, 2.75) is 18.6 Å². The van der Waals surface area contributed by atoms with Crippen LogP contribution in [0, 0.1) is 5.82 Å². The van der Waals surface area contributed by atoms with Gasteiger partial charge < -0.3 is 10.5 Å². The number of halogens is 3. The Morgan fingerprint density at radius 1 is 1.15 bits per heavy atom. The molecule has 1 aliphatic heterocycles. The van der Waals surface area contributed by atoms with Gasteiger partial charge in [0.15, 0.2) is 0 Å². The monoisotopic (exact) mass is 311 g/mol. The Bertz CT molecular complexity index is 662. The molecule has 2 aromatic rings. The van der Waals surface area contributed by atoms with Crippen LogP contribution in [-0.2, 0) is 0 Å². The Morgan fingerprint density at radius 2 is 1.95 bits per heavy atom. The summed E-state index contributed by atoms with van der Waals surface area (Å²) in [6, 6.07) is 9.82. The van der Waals surface area contributed by atoms with E-state index in [0.717, 1.165) is 11.1 Å². The maximum atomic E-state index is 13.5. The molecule has 0 bridgehead atoms. The minimum Gasteiger partial charge on any atom is -0.485 e. The number of fused-ring (bicyclic) bond motifs is 1. The van der Waals surface area contributed by atoms with Gasteiger partial charge in [0.05, 0.1) is 5.02 Å². The zero-order chi connectivity index (χ0) is 14.3. The van der Waals surface area contributed by atoms with E-state index in [1.165, 1.54) is 12.1 Å². The quantitative estimate of drug-likeness (QED) is 0.831. The van der Waals surface area contributed by atoms with Crippen LogP contribution in [0.4, 0.5) is 4.39 Å². The highest BCUT2D eigenvalue weighted by atomic mass is 35.5. The van der Waals surface area contributed by atoms with Gasteiger partial charge in [0, 0.05) is 23.0 Å². The van der Waals surface area contributed by atoms with E-state index in [4.69, 9.17) is 33.7 Å². The molecule has 2 unspecified atom stereocenters. The summed E-state index contributed by atoms with van der Waals surface area (Å²) in [5, 5.41) is 0.722. The van der Waals surface area contributed by atoms with Crippen molar-refractivity contribution in [2.24, 2.45) is 5.73 Å². The van der Waals surface area contributed by atoms with Crippen LogP contribution in [0.1, 0.15) is 29.7 Å². The molecule has 0 radical (unpaired) electrons. The molecule has 0 aromatic heterocycles. The summed E-state index contributed by atoms with van der Waals surface area (Å²) in [6.45, 7) is 0. The van der Waals surface area contributed by atoms with E-state index in [0.29, 0.717) is 17.2 Å². The summed E-state index contributed by atoms with van der Waals surface area (Å²) < 4.78 is 19.4. The van der Waals surface area contributed by atoms with Crippen molar-refractivity contribution in [2.75, 3.05) is 0 Å². The normalized spacial score (nSPS) is 21.2. The van der Waals surface area contributed by atoms with Crippen LogP contribution in [0.5, 0.6) is 5.75 Å². The first kappa shape index (κ1) is 13.7. The van der Waals surface area contributed by atoms with Crippen molar-refractivity contribution in [3.05, 3.63) is 63.4 Å². The van der Waals surface area contributed by atoms with Crippen molar-refractivity contribution >= 4 is 23.2 Å². The Hall–Kier alpha value is -1.29. The number of rotatable bonds is 1.